The van der Waals surface area contributed by atoms with Crippen LogP contribution in [0.25, 0.3) is 0 Å². The molecule has 0 aromatic heterocycles. The SMILES string of the molecule is CC(CCl)CCC1CCOCC1. The average molecular weight is 191 g/mol. The molecule has 0 aromatic rings. The Balaban J connectivity index is 2.05. The molecular weight excluding hydrogens is 172 g/mol. The second-order valence-corrected chi connectivity index (χ2v) is 4.20. The molecule has 1 heterocycles. The van der Waals surface area contributed by atoms with Crippen LogP contribution in [0.15, 0.2) is 0 Å². The lowest BCUT2D eigenvalue weighted by Crippen LogP contribution is -2.16. The Morgan fingerprint density at radius 2 is 2.08 bits per heavy atom. The molecule has 2 heteroatoms. The van der Waals surface area contributed by atoms with Gasteiger partial charge in [-0.15, -0.1) is 11.6 Å². The van der Waals surface area contributed by atoms with Crippen LogP contribution in [-0.2, 0) is 4.74 Å². The van der Waals surface area contributed by atoms with E-state index in [0.29, 0.717) is 5.92 Å². The average Bonchev–Trinajstić information content (AvgIpc) is 2.16. The predicted molar refractivity (Wildman–Crippen MR) is 52.7 cm³/mol. The third-order valence-electron chi connectivity index (χ3n) is 2.67. The highest BCUT2D eigenvalue weighted by atomic mass is 35.5. The molecule has 1 saturated heterocycles. The maximum absolute atomic E-state index is 5.74. The normalized spacial score (nSPS) is 22.5. The summed E-state index contributed by atoms with van der Waals surface area (Å²) in [6, 6.07) is 0. The van der Waals surface area contributed by atoms with Crippen LogP contribution in [0, 0.1) is 11.8 Å². The first-order chi connectivity index (χ1) is 5.83. The van der Waals surface area contributed by atoms with E-state index in [1.54, 1.807) is 0 Å². The molecule has 1 aliphatic heterocycles. The molecule has 72 valence electrons. The summed E-state index contributed by atoms with van der Waals surface area (Å²) in [6.07, 6.45) is 5.15. The topological polar surface area (TPSA) is 9.23 Å². The van der Waals surface area contributed by atoms with Crippen LogP contribution >= 0.6 is 11.6 Å². The highest BCUT2D eigenvalue weighted by Gasteiger charge is 2.14. The van der Waals surface area contributed by atoms with Crippen molar-refractivity contribution in [2.45, 2.75) is 32.6 Å². The molecule has 0 bridgehead atoms. The van der Waals surface area contributed by atoms with Crippen molar-refractivity contribution in [2.24, 2.45) is 11.8 Å². The van der Waals surface area contributed by atoms with Crippen LogP contribution in [0.3, 0.4) is 0 Å². The summed E-state index contributed by atoms with van der Waals surface area (Å²) in [6.45, 7) is 4.17. The van der Waals surface area contributed by atoms with Crippen molar-refractivity contribution in [2.75, 3.05) is 19.1 Å². The second kappa shape index (κ2) is 5.82. The molecule has 1 unspecified atom stereocenters. The van der Waals surface area contributed by atoms with Crippen LogP contribution in [0.2, 0.25) is 0 Å². The largest absolute Gasteiger partial charge is 0.381 e. The molecule has 1 aliphatic rings. The number of hydrogen-bond donors (Lipinski definition) is 0. The number of hydrogen-bond acceptors (Lipinski definition) is 1. The van der Waals surface area contributed by atoms with Crippen molar-refractivity contribution < 1.29 is 4.74 Å². The van der Waals surface area contributed by atoms with Crippen LogP contribution in [0.5, 0.6) is 0 Å². The van der Waals surface area contributed by atoms with Crippen molar-refractivity contribution in [3.05, 3.63) is 0 Å². The molecule has 0 amide bonds. The fourth-order valence-electron chi connectivity index (χ4n) is 1.63. The fourth-order valence-corrected chi connectivity index (χ4v) is 1.79. The van der Waals surface area contributed by atoms with Crippen LogP contribution < -0.4 is 0 Å². The Morgan fingerprint density at radius 3 is 2.67 bits per heavy atom. The summed E-state index contributed by atoms with van der Waals surface area (Å²) < 4.78 is 5.31. The van der Waals surface area contributed by atoms with Crippen molar-refractivity contribution in [1.82, 2.24) is 0 Å². The highest BCUT2D eigenvalue weighted by molar-refractivity contribution is 6.18. The van der Waals surface area contributed by atoms with Gasteiger partial charge >= 0.3 is 0 Å². The molecule has 0 radical (unpaired) electrons. The van der Waals surface area contributed by atoms with Crippen molar-refractivity contribution in [1.29, 1.82) is 0 Å². The van der Waals surface area contributed by atoms with Gasteiger partial charge in [-0.1, -0.05) is 6.92 Å². The van der Waals surface area contributed by atoms with E-state index in [1.807, 2.05) is 0 Å². The molecule has 0 aliphatic carbocycles. The highest BCUT2D eigenvalue weighted by Crippen LogP contribution is 2.22. The maximum Gasteiger partial charge on any atom is 0.0468 e. The molecular formula is C10H19ClO. The molecule has 0 spiro atoms. The van der Waals surface area contributed by atoms with E-state index in [9.17, 15) is 0 Å². The van der Waals surface area contributed by atoms with Crippen molar-refractivity contribution in [3.63, 3.8) is 0 Å². The van der Waals surface area contributed by atoms with Gasteiger partial charge in [0.2, 0.25) is 0 Å². The summed E-state index contributed by atoms with van der Waals surface area (Å²) in [7, 11) is 0. The van der Waals surface area contributed by atoms with E-state index >= 15 is 0 Å². The van der Waals surface area contributed by atoms with Gasteiger partial charge in [-0.05, 0) is 37.5 Å². The lowest BCUT2D eigenvalue weighted by molar-refractivity contribution is 0.0623. The van der Waals surface area contributed by atoms with Gasteiger partial charge in [-0.25, -0.2) is 0 Å². The summed E-state index contributed by atoms with van der Waals surface area (Å²) >= 11 is 5.74. The summed E-state index contributed by atoms with van der Waals surface area (Å²) in [5, 5.41) is 0. The molecule has 1 nitrogen and oxygen atoms in total. The van der Waals surface area contributed by atoms with E-state index in [-0.39, 0.29) is 0 Å². The Morgan fingerprint density at radius 1 is 1.42 bits per heavy atom. The van der Waals surface area contributed by atoms with Crippen molar-refractivity contribution in [3.8, 4) is 0 Å². The third kappa shape index (κ3) is 3.77. The van der Waals surface area contributed by atoms with Crippen molar-refractivity contribution >= 4 is 11.6 Å². The third-order valence-corrected chi connectivity index (χ3v) is 3.20. The number of halogens is 1. The molecule has 1 fully saturated rings. The Hall–Kier alpha value is 0.250. The Labute approximate surface area is 80.4 Å². The van der Waals surface area contributed by atoms with Gasteiger partial charge in [0, 0.05) is 19.1 Å². The summed E-state index contributed by atoms with van der Waals surface area (Å²) in [5.74, 6) is 2.40. The minimum absolute atomic E-state index is 0.689. The van der Waals surface area contributed by atoms with E-state index in [0.717, 1.165) is 25.0 Å². The maximum atomic E-state index is 5.74. The molecule has 12 heavy (non-hydrogen) atoms. The van der Waals surface area contributed by atoms with Crippen LogP contribution in [0.1, 0.15) is 32.6 Å². The fraction of sp³-hybridized carbons (Fsp3) is 1.00. The Kier molecular flexibility index (Phi) is 5.01. The number of rotatable bonds is 4. The smallest absolute Gasteiger partial charge is 0.0468 e. The zero-order valence-electron chi connectivity index (χ0n) is 7.89. The zero-order chi connectivity index (χ0) is 8.81. The predicted octanol–water partition coefficient (Wildman–Crippen LogP) is 3.07. The minimum Gasteiger partial charge on any atom is -0.381 e. The van der Waals surface area contributed by atoms with Gasteiger partial charge in [0.05, 0.1) is 0 Å². The summed E-state index contributed by atoms with van der Waals surface area (Å²) in [5.41, 5.74) is 0. The van der Waals surface area contributed by atoms with E-state index < -0.39 is 0 Å². The van der Waals surface area contributed by atoms with E-state index in [2.05, 4.69) is 6.92 Å². The molecule has 0 saturated carbocycles. The second-order valence-electron chi connectivity index (χ2n) is 3.89. The minimum atomic E-state index is 0.689. The van der Waals surface area contributed by atoms with Gasteiger partial charge in [0.1, 0.15) is 0 Å². The van der Waals surface area contributed by atoms with E-state index in [1.165, 1.54) is 25.7 Å². The molecule has 1 atom stereocenters. The van der Waals surface area contributed by atoms with Crippen LogP contribution in [-0.4, -0.2) is 19.1 Å². The summed E-state index contributed by atoms with van der Waals surface area (Å²) in [4.78, 5) is 0. The number of alkyl halides is 1. The van der Waals surface area contributed by atoms with E-state index in [4.69, 9.17) is 16.3 Å². The number of ether oxygens (including phenoxy) is 1. The van der Waals surface area contributed by atoms with Gasteiger partial charge in [-0.2, -0.15) is 0 Å². The molecule has 0 N–H and O–H groups in total. The zero-order valence-corrected chi connectivity index (χ0v) is 8.65. The van der Waals surface area contributed by atoms with Crippen LogP contribution in [0.4, 0.5) is 0 Å². The van der Waals surface area contributed by atoms with Gasteiger partial charge in [0.15, 0.2) is 0 Å². The standard InChI is InChI=1S/C10H19ClO/c1-9(8-11)2-3-10-4-6-12-7-5-10/h9-10H,2-8H2,1H3. The quantitative estimate of drug-likeness (QED) is 0.620. The Bertz CT molecular complexity index is 110. The molecule has 0 aromatic carbocycles. The van der Waals surface area contributed by atoms with Gasteiger partial charge in [-0.3, -0.25) is 0 Å². The first kappa shape index (κ1) is 10.3. The monoisotopic (exact) mass is 190 g/mol. The lowest BCUT2D eigenvalue weighted by Gasteiger charge is -2.22. The molecule has 1 rings (SSSR count). The first-order valence-corrected chi connectivity index (χ1v) is 5.50. The van der Waals surface area contributed by atoms with Gasteiger partial charge < -0.3 is 4.74 Å². The van der Waals surface area contributed by atoms with Gasteiger partial charge in [0.25, 0.3) is 0 Å². The lowest BCUT2D eigenvalue weighted by atomic mass is 9.92. The first-order valence-electron chi connectivity index (χ1n) is 4.96.